The van der Waals surface area contributed by atoms with E-state index in [2.05, 4.69) is 62.4 Å². The summed E-state index contributed by atoms with van der Waals surface area (Å²) in [5.41, 5.74) is 5.50. The number of carbonyl (C=O) groups is 1. The molecule has 1 unspecified atom stereocenters. The van der Waals surface area contributed by atoms with Gasteiger partial charge in [0.1, 0.15) is 0 Å². The van der Waals surface area contributed by atoms with E-state index in [4.69, 9.17) is 4.74 Å². The Labute approximate surface area is 240 Å². The van der Waals surface area contributed by atoms with E-state index < -0.39 is 0 Å². The molecule has 39 heavy (non-hydrogen) atoms. The normalized spacial score (nSPS) is 13.3. The summed E-state index contributed by atoms with van der Waals surface area (Å²) >= 11 is 0. The van der Waals surface area contributed by atoms with Crippen LogP contribution in [0.1, 0.15) is 153 Å². The molecule has 0 fully saturated rings. The minimum Gasteiger partial charge on any atom is -0.466 e. The third kappa shape index (κ3) is 10.8. The highest BCUT2D eigenvalue weighted by Crippen LogP contribution is 2.50. The molecule has 0 N–H and O–H groups in total. The minimum absolute atomic E-state index is 0.00139. The van der Waals surface area contributed by atoms with Crippen LogP contribution in [-0.2, 0) is 9.53 Å². The summed E-state index contributed by atoms with van der Waals surface area (Å²) in [6.45, 7) is 5.11. The molecule has 216 valence electrons. The molecule has 2 heteroatoms. The van der Waals surface area contributed by atoms with Gasteiger partial charge in [0, 0.05) is 12.3 Å². The number of hydrogen-bond donors (Lipinski definition) is 0. The standard InChI is InChI=1S/C37H56O2/c1-3-5-7-9-11-12-13-14-15-16-18-24-31(30-36(38)39-29-23-17-10-8-6-4-2)37-34-27-21-19-25-32(34)33-26-20-22-28-35(33)37/h19-22,25-28,31,37H,3-18,23-24,29-30H2,1-2H3. The molecule has 0 saturated carbocycles. The first-order valence-corrected chi connectivity index (χ1v) is 16.6. The predicted molar refractivity (Wildman–Crippen MR) is 167 cm³/mol. The lowest BCUT2D eigenvalue weighted by molar-refractivity contribution is -0.145. The lowest BCUT2D eigenvalue weighted by Gasteiger charge is -2.25. The second kappa shape index (κ2) is 19.1. The van der Waals surface area contributed by atoms with Crippen LogP contribution in [0, 0.1) is 5.92 Å². The highest BCUT2D eigenvalue weighted by molar-refractivity contribution is 5.79. The topological polar surface area (TPSA) is 26.3 Å². The van der Waals surface area contributed by atoms with E-state index in [0.717, 1.165) is 12.8 Å². The molecule has 2 aromatic carbocycles. The van der Waals surface area contributed by atoms with Crippen LogP contribution >= 0.6 is 0 Å². The molecule has 2 nitrogen and oxygen atoms in total. The molecule has 0 saturated heterocycles. The molecule has 0 bridgehead atoms. The quantitative estimate of drug-likeness (QED) is 0.111. The summed E-state index contributed by atoms with van der Waals surface area (Å²) in [6.07, 6.45) is 23.8. The fourth-order valence-electron chi connectivity index (χ4n) is 6.50. The molecule has 1 aliphatic carbocycles. The Bertz CT molecular complexity index is 887. The Morgan fingerprint density at radius 2 is 1.05 bits per heavy atom. The van der Waals surface area contributed by atoms with Crippen LogP contribution in [0.2, 0.25) is 0 Å². The first kappa shape index (κ1) is 31.4. The third-order valence-electron chi connectivity index (χ3n) is 8.72. The second-order valence-electron chi connectivity index (χ2n) is 11.9. The van der Waals surface area contributed by atoms with Crippen molar-refractivity contribution in [3.05, 3.63) is 59.7 Å². The SMILES string of the molecule is CCCCCCCCCCCCCC(CC(=O)OCCCCCCCC)C1c2ccccc2-c2ccccc21. The average Bonchev–Trinajstić information content (AvgIpc) is 3.29. The maximum Gasteiger partial charge on any atom is 0.306 e. The number of carbonyl (C=O) groups excluding carboxylic acids is 1. The molecular weight excluding hydrogens is 476 g/mol. The lowest BCUT2D eigenvalue weighted by Crippen LogP contribution is -2.19. The van der Waals surface area contributed by atoms with Crippen LogP contribution in [0.4, 0.5) is 0 Å². The number of unbranched alkanes of at least 4 members (excludes halogenated alkanes) is 15. The Morgan fingerprint density at radius 3 is 1.56 bits per heavy atom. The maximum atomic E-state index is 13.0. The van der Waals surface area contributed by atoms with Gasteiger partial charge in [0.05, 0.1) is 6.61 Å². The van der Waals surface area contributed by atoms with Crippen molar-refractivity contribution in [3.63, 3.8) is 0 Å². The first-order chi connectivity index (χ1) is 19.3. The third-order valence-corrected chi connectivity index (χ3v) is 8.72. The lowest BCUT2D eigenvalue weighted by atomic mass is 9.79. The van der Waals surface area contributed by atoms with Crippen LogP contribution in [0.15, 0.2) is 48.5 Å². The number of hydrogen-bond acceptors (Lipinski definition) is 2. The summed E-state index contributed by atoms with van der Waals surface area (Å²) < 4.78 is 5.78. The minimum atomic E-state index is -0.00139. The van der Waals surface area contributed by atoms with Gasteiger partial charge in [-0.2, -0.15) is 0 Å². The maximum absolute atomic E-state index is 13.0. The van der Waals surface area contributed by atoms with Crippen molar-refractivity contribution in [2.45, 2.75) is 142 Å². The van der Waals surface area contributed by atoms with Gasteiger partial charge in [-0.05, 0) is 41.0 Å². The monoisotopic (exact) mass is 532 g/mol. The highest BCUT2D eigenvalue weighted by atomic mass is 16.5. The molecule has 0 aliphatic heterocycles. The molecule has 0 aromatic heterocycles. The van der Waals surface area contributed by atoms with E-state index in [1.807, 2.05) is 0 Å². The van der Waals surface area contributed by atoms with Crippen LogP contribution in [0.3, 0.4) is 0 Å². The van der Waals surface area contributed by atoms with E-state index in [1.54, 1.807) is 0 Å². The van der Waals surface area contributed by atoms with Crippen molar-refractivity contribution in [3.8, 4) is 11.1 Å². The average molecular weight is 533 g/mol. The second-order valence-corrected chi connectivity index (χ2v) is 11.9. The van der Waals surface area contributed by atoms with Gasteiger partial charge >= 0.3 is 5.97 Å². The van der Waals surface area contributed by atoms with E-state index in [9.17, 15) is 4.79 Å². The van der Waals surface area contributed by atoms with E-state index in [-0.39, 0.29) is 5.97 Å². The van der Waals surface area contributed by atoms with Gasteiger partial charge in [-0.25, -0.2) is 0 Å². The molecule has 3 rings (SSSR count). The van der Waals surface area contributed by atoms with Crippen LogP contribution < -0.4 is 0 Å². The summed E-state index contributed by atoms with van der Waals surface area (Å²) in [7, 11) is 0. The van der Waals surface area contributed by atoms with E-state index in [0.29, 0.717) is 24.9 Å². The molecule has 0 spiro atoms. The first-order valence-electron chi connectivity index (χ1n) is 16.6. The van der Waals surface area contributed by atoms with Gasteiger partial charge in [-0.1, -0.05) is 165 Å². The largest absolute Gasteiger partial charge is 0.466 e. The molecule has 1 atom stereocenters. The predicted octanol–water partition coefficient (Wildman–Crippen LogP) is 11.4. The number of rotatable bonds is 22. The Hall–Kier alpha value is -2.09. The molecule has 0 radical (unpaired) electrons. The van der Waals surface area contributed by atoms with Crippen LogP contribution in [-0.4, -0.2) is 12.6 Å². The van der Waals surface area contributed by atoms with Gasteiger partial charge in [0.15, 0.2) is 0 Å². The highest BCUT2D eigenvalue weighted by Gasteiger charge is 2.35. The van der Waals surface area contributed by atoms with E-state index in [1.165, 1.54) is 125 Å². The summed E-state index contributed by atoms with van der Waals surface area (Å²) in [4.78, 5) is 13.0. The number of esters is 1. The Kier molecular flexibility index (Phi) is 15.4. The van der Waals surface area contributed by atoms with Gasteiger partial charge in [-0.3, -0.25) is 4.79 Å². The number of benzene rings is 2. The Morgan fingerprint density at radius 1 is 0.615 bits per heavy atom. The van der Waals surface area contributed by atoms with Crippen molar-refractivity contribution in [2.75, 3.05) is 6.61 Å². The summed E-state index contributed by atoms with van der Waals surface area (Å²) in [5, 5.41) is 0. The van der Waals surface area contributed by atoms with Crippen molar-refractivity contribution in [1.29, 1.82) is 0 Å². The van der Waals surface area contributed by atoms with Gasteiger partial charge in [-0.15, -0.1) is 0 Å². The fraction of sp³-hybridized carbons (Fsp3) is 0.649. The number of fused-ring (bicyclic) bond motifs is 3. The van der Waals surface area contributed by atoms with Crippen LogP contribution in [0.25, 0.3) is 11.1 Å². The zero-order valence-electron chi connectivity index (χ0n) is 25.2. The number of ether oxygens (including phenoxy) is 1. The molecule has 0 heterocycles. The smallest absolute Gasteiger partial charge is 0.306 e. The zero-order chi connectivity index (χ0) is 27.5. The Balaban J connectivity index is 1.51. The van der Waals surface area contributed by atoms with Crippen molar-refractivity contribution >= 4 is 5.97 Å². The molecule has 2 aromatic rings. The molecule has 1 aliphatic rings. The molecular formula is C37H56O2. The van der Waals surface area contributed by atoms with Crippen molar-refractivity contribution in [2.24, 2.45) is 5.92 Å². The van der Waals surface area contributed by atoms with Gasteiger partial charge in [0.25, 0.3) is 0 Å². The van der Waals surface area contributed by atoms with Gasteiger partial charge < -0.3 is 4.74 Å². The fourth-order valence-corrected chi connectivity index (χ4v) is 6.50. The molecule has 0 amide bonds. The zero-order valence-corrected chi connectivity index (χ0v) is 25.2. The van der Waals surface area contributed by atoms with E-state index >= 15 is 0 Å². The summed E-state index contributed by atoms with van der Waals surface area (Å²) in [6, 6.07) is 17.7. The van der Waals surface area contributed by atoms with Gasteiger partial charge in [0.2, 0.25) is 0 Å². The van der Waals surface area contributed by atoms with Crippen molar-refractivity contribution < 1.29 is 9.53 Å². The summed E-state index contributed by atoms with van der Waals surface area (Å²) in [5.74, 6) is 0.589. The van der Waals surface area contributed by atoms with Crippen molar-refractivity contribution in [1.82, 2.24) is 0 Å². The van der Waals surface area contributed by atoms with Crippen LogP contribution in [0.5, 0.6) is 0 Å².